The van der Waals surface area contributed by atoms with Crippen molar-refractivity contribution in [2.24, 2.45) is 0 Å². The molecule has 1 unspecified atom stereocenters. The lowest BCUT2D eigenvalue weighted by atomic mass is 9.73. The topological polar surface area (TPSA) is 38.8 Å². The maximum atomic E-state index is 14.1. The number of anilines is 1. The number of para-hydroxylation sites is 1. The zero-order valence-corrected chi connectivity index (χ0v) is 18.3. The van der Waals surface area contributed by atoms with Gasteiger partial charge in [0.15, 0.2) is 0 Å². The van der Waals surface area contributed by atoms with Gasteiger partial charge in [-0.3, -0.25) is 4.79 Å². The molecule has 33 heavy (non-hydrogen) atoms. The van der Waals surface area contributed by atoms with E-state index in [1.165, 1.54) is 24.1 Å². The molecule has 1 saturated carbocycles. The normalized spacial score (nSPS) is 23.5. The van der Waals surface area contributed by atoms with Gasteiger partial charge in [-0.2, -0.15) is 0 Å². The molecule has 166 valence electrons. The summed E-state index contributed by atoms with van der Waals surface area (Å²) < 4.78 is 26.0. The van der Waals surface area contributed by atoms with Crippen LogP contribution in [-0.4, -0.2) is 18.1 Å². The number of carbonyl (C=O) groups excluding carboxylic acids is 1. The molecule has 4 aliphatic rings. The van der Waals surface area contributed by atoms with Gasteiger partial charge in [0.2, 0.25) is 5.91 Å². The second-order valence-corrected chi connectivity index (χ2v) is 9.82. The molecule has 1 amide bonds. The van der Waals surface area contributed by atoms with Crippen molar-refractivity contribution in [3.8, 4) is 11.5 Å². The van der Waals surface area contributed by atoms with Crippen LogP contribution in [0.25, 0.3) is 0 Å². The SMILES string of the molecule is O=C1N(Cc2ccc(F)cc2)c2ccccc2C12COc1cc3c(cc12)CCC1(CCC1)O3. The van der Waals surface area contributed by atoms with Crippen molar-refractivity contribution in [3.05, 3.63) is 88.7 Å². The number of nitrogens with zero attached hydrogens (tertiary/aromatic N) is 1. The second kappa shape index (κ2) is 6.60. The van der Waals surface area contributed by atoms with Gasteiger partial charge < -0.3 is 14.4 Å². The van der Waals surface area contributed by atoms with Crippen molar-refractivity contribution in [2.75, 3.05) is 11.5 Å². The molecule has 1 aliphatic carbocycles. The first-order valence-corrected chi connectivity index (χ1v) is 11.7. The number of hydrogen-bond donors (Lipinski definition) is 0. The zero-order chi connectivity index (χ0) is 22.2. The van der Waals surface area contributed by atoms with E-state index < -0.39 is 5.41 Å². The Kier molecular flexibility index (Phi) is 3.83. The van der Waals surface area contributed by atoms with Crippen molar-refractivity contribution < 1.29 is 18.7 Å². The number of carbonyl (C=O) groups is 1. The molecule has 0 radical (unpaired) electrons. The summed E-state index contributed by atoms with van der Waals surface area (Å²) >= 11 is 0. The van der Waals surface area contributed by atoms with E-state index in [0.29, 0.717) is 6.54 Å². The molecule has 2 spiro atoms. The zero-order valence-electron chi connectivity index (χ0n) is 18.3. The van der Waals surface area contributed by atoms with Crippen molar-refractivity contribution in [2.45, 2.75) is 49.7 Å². The fourth-order valence-corrected chi connectivity index (χ4v) is 6.04. The first kappa shape index (κ1) is 19.2. The first-order valence-electron chi connectivity index (χ1n) is 11.7. The van der Waals surface area contributed by atoms with Crippen LogP contribution in [0.1, 0.15) is 47.9 Å². The lowest BCUT2D eigenvalue weighted by Gasteiger charge is -2.45. The number of fused-ring (bicyclic) bond motifs is 5. The van der Waals surface area contributed by atoms with Gasteiger partial charge >= 0.3 is 0 Å². The van der Waals surface area contributed by atoms with Crippen LogP contribution in [0.5, 0.6) is 11.5 Å². The summed E-state index contributed by atoms with van der Waals surface area (Å²) in [5.74, 6) is 1.40. The van der Waals surface area contributed by atoms with Gasteiger partial charge in [-0.15, -0.1) is 0 Å². The number of rotatable bonds is 2. The van der Waals surface area contributed by atoms with Crippen molar-refractivity contribution >= 4 is 11.6 Å². The Labute approximate surface area is 191 Å². The van der Waals surface area contributed by atoms with E-state index in [0.717, 1.165) is 59.6 Å². The molecular formula is C28H24FNO3. The van der Waals surface area contributed by atoms with Gasteiger partial charge in [-0.05, 0) is 73.1 Å². The van der Waals surface area contributed by atoms with E-state index in [-0.39, 0.29) is 23.9 Å². The van der Waals surface area contributed by atoms with E-state index in [1.54, 1.807) is 12.1 Å². The molecule has 4 nitrogen and oxygen atoms in total. The summed E-state index contributed by atoms with van der Waals surface area (Å²) in [6.45, 7) is 0.677. The highest BCUT2D eigenvalue weighted by atomic mass is 19.1. The van der Waals surface area contributed by atoms with Crippen LogP contribution in [-0.2, 0) is 23.2 Å². The summed E-state index contributed by atoms with van der Waals surface area (Å²) in [6.07, 6.45) is 5.48. The summed E-state index contributed by atoms with van der Waals surface area (Å²) in [7, 11) is 0. The third-order valence-corrected chi connectivity index (χ3v) is 8.03. The van der Waals surface area contributed by atoms with E-state index in [4.69, 9.17) is 9.47 Å². The van der Waals surface area contributed by atoms with Gasteiger partial charge in [0.1, 0.15) is 34.9 Å². The van der Waals surface area contributed by atoms with Crippen molar-refractivity contribution in [1.29, 1.82) is 0 Å². The lowest BCUT2D eigenvalue weighted by Crippen LogP contribution is -2.45. The maximum Gasteiger partial charge on any atom is 0.246 e. The Hall–Kier alpha value is -3.34. The van der Waals surface area contributed by atoms with E-state index in [9.17, 15) is 9.18 Å². The minimum Gasteiger partial charge on any atom is -0.491 e. The number of hydrogen-bond acceptors (Lipinski definition) is 3. The average Bonchev–Trinajstić information content (AvgIpc) is 3.30. The summed E-state index contributed by atoms with van der Waals surface area (Å²) in [5, 5.41) is 0. The Morgan fingerprint density at radius 1 is 0.939 bits per heavy atom. The van der Waals surface area contributed by atoms with E-state index in [1.807, 2.05) is 35.2 Å². The van der Waals surface area contributed by atoms with Crippen LogP contribution < -0.4 is 14.4 Å². The van der Waals surface area contributed by atoms with Crippen LogP contribution >= 0.6 is 0 Å². The Morgan fingerprint density at radius 2 is 1.76 bits per heavy atom. The fourth-order valence-electron chi connectivity index (χ4n) is 6.04. The van der Waals surface area contributed by atoms with Gasteiger partial charge in [-0.25, -0.2) is 4.39 Å². The minimum atomic E-state index is -0.855. The van der Waals surface area contributed by atoms with Crippen molar-refractivity contribution in [3.63, 3.8) is 0 Å². The van der Waals surface area contributed by atoms with Crippen LogP contribution in [0.2, 0.25) is 0 Å². The van der Waals surface area contributed by atoms with Crippen LogP contribution in [0.15, 0.2) is 60.7 Å². The van der Waals surface area contributed by atoms with E-state index >= 15 is 0 Å². The molecule has 3 aromatic rings. The van der Waals surface area contributed by atoms with Gasteiger partial charge in [0.05, 0.1) is 6.54 Å². The Bertz CT molecular complexity index is 1300. The largest absolute Gasteiger partial charge is 0.491 e. The average molecular weight is 442 g/mol. The Balaban J connectivity index is 1.32. The quantitative estimate of drug-likeness (QED) is 0.542. The molecule has 0 saturated heterocycles. The summed E-state index contributed by atoms with van der Waals surface area (Å²) in [4.78, 5) is 15.9. The minimum absolute atomic E-state index is 0.0129. The van der Waals surface area contributed by atoms with Crippen LogP contribution in [0.3, 0.4) is 0 Å². The molecule has 5 heteroatoms. The molecule has 0 N–H and O–H groups in total. The molecule has 0 aromatic heterocycles. The predicted octanol–water partition coefficient (Wildman–Crippen LogP) is 5.30. The molecule has 3 aromatic carbocycles. The standard InChI is InChI=1S/C28H24FNO3/c29-20-8-6-18(7-9-20)16-30-23-5-2-1-4-21(23)28(26(30)31)17-32-25-15-24-19(14-22(25)28)10-13-27(33-24)11-3-12-27/h1-2,4-9,14-15H,3,10-13,16-17H2. The highest BCUT2D eigenvalue weighted by Crippen LogP contribution is 2.55. The summed E-state index contributed by atoms with van der Waals surface area (Å²) in [5.41, 5.74) is 4.02. The van der Waals surface area contributed by atoms with Crippen LogP contribution in [0, 0.1) is 5.82 Å². The third kappa shape index (κ3) is 2.59. The number of amides is 1. The fraction of sp³-hybridized carbons (Fsp3) is 0.321. The first-order chi connectivity index (χ1) is 16.1. The highest BCUT2D eigenvalue weighted by molar-refractivity contribution is 6.11. The number of ether oxygens (including phenoxy) is 2. The predicted molar refractivity (Wildman–Crippen MR) is 122 cm³/mol. The number of halogens is 1. The second-order valence-electron chi connectivity index (χ2n) is 9.82. The number of aryl methyl sites for hydroxylation is 1. The van der Waals surface area contributed by atoms with E-state index in [2.05, 4.69) is 6.07 Å². The number of benzene rings is 3. The molecule has 3 aliphatic heterocycles. The van der Waals surface area contributed by atoms with Crippen LogP contribution in [0.4, 0.5) is 10.1 Å². The smallest absolute Gasteiger partial charge is 0.246 e. The van der Waals surface area contributed by atoms with Gasteiger partial charge in [-0.1, -0.05) is 30.3 Å². The molecule has 0 bridgehead atoms. The molecular weight excluding hydrogens is 417 g/mol. The Morgan fingerprint density at radius 3 is 2.55 bits per heavy atom. The monoisotopic (exact) mass is 441 g/mol. The van der Waals surface area contributed by atoms with Gasteiger partial charge in [0.25, 0.3) is 0 Å². The lowest BCUT2D eigenvalue weighted by molar-refractivity contribution is -0.122. The molecule has 7 rings (SSSR count). The summed E-state index contributed by atoms with van der Waals surface area (Å²) in [6, 6.07) is 18.5. The molecule has 1 atom stereocenters. The third-order valence-electron chi connectivity index (χ3n) is 8.03. The molecule has 1 fully saturated rings. The van der Waals surface area contributed by atoms with Crippen molar-refractivity contribution in [1.82, 2.24) is 0 Å². The maximum absolute atomic E-state index is 14.1. The highest BCUT2D eigenvalue weighted by Gasteiger charge is 2.57. The molecule has 3 heterocycles. The van der Waals surface area contributed by atoms with Gasteiger partial charge in [0, 0.05) is 17.3 Å².